The third-order valence-corrected chi connectivity index (χ3v) is 3.24. The number of hydrogen-bond donors (Lipinski definition) is 2. The maximum Gasteiger partial charge on any atom is 0.267 e. The van der Waals surface area contributed by atoms with E-state index < -0.39 is 5.82 Å². The van der Waals surface area contributed by atoms with Gasteiger partial charge in [-0.1, -0.05) is 0 Å². The molecular weight excluding hydrogens is 255 g/mol. The van der Waals surface area contributed by atoms with Crippen molar-refractivity contribution in [3.8, 4) is 5.75 Å². The number of thiophene rings is 1. The van der Waals surface area contributed by atoms with Crippen LogP contribution in [0.1, 0.15) is 9.67 Å². The lowest BCUT2D eigenvalue weighted by atomic mass is 10.2. The fourth-order valence-corrected chi connectivity index (χ4v) is 2.16. The largest absolute Gasteiger partial charge is 0.494 e. The number of hydrogen-bond acceptors (Lipinski definition) is 4. The molecule has 1 heterocycles. The third-order valence-electron chi connectivity index (χ3n) is 2.31. The molecule has 2 aromatic rings. The van der Waals surface area contributed by atoms with Crippen LogP contribution >= 0.6 is 11.3 Å². The van der Waals surface area contributed by atoms with Crippen LogP contribution in [0.2, 0.25) is 0 Å². The van der Waals surface area contributed by atoms with Crippen molar-refractivity contribution in [3.05, 3.63) is 40.3 Å². The summed E-state index contributed by atoms with van der Waals surface area (Å²) >= 11 is 1.24. The van der Waals surface area contributed by atoms with Crippen molar-refractivity contribution in [2.24, 2.45) is 0 Å². The lowest BCUT2D eigenvalue weighted by Crippen LogP contribution is -2.12. The van der Waals surface area contributed by atoms with Gasteiger partial charge in [0.15, 0.2) is 0 Å². The zero-order valence-electron chi connectivity index (χ0n) is 9.57. The Labute approximate surface area is 107 Å². The second-order valence-electron chi connectivity index (χ2n) is 3.50. The second kappa shape index (κ2) is 5.05. The first-order valence-electron chi connectivity index (χ1n) is 5.09. The van der Waals surface area contributed by atoms with E-state index in [1.165, 1.54) is 36.6 Å². The number of ether oxygens (including phenoxy) is 1. The lowest BCUT2D eigenvalue weighted by molar-refractivity contribution is 0.103. The van der Waals surface area contributed by atoms with Gasteiger partial charge in [-0.3, -0.25) is 4.79 Å². The molecule has 6 heteroatoms. The van der Waals surface area contributed by atoms with Crippen molar-refractivity contribution in [3.63, 3.8) is 0 Å². The number of methoxy groups -OCH3 is 1. The van der Waals surface area contributed by atoms with E-state index >= 15 is 0 Å². The molecule has 2 rings (SSSR count). The Balaban J connectivity index is 2.24. The number of carbonyl (C=O) groups is 1. The van der Waals surface area contributed by atoms with Gasteiger partial charge < -0.3 is 15.8 Å². The highest BCUT2D eigenvalue weighted by Crippen LogP contribution is 2.27. The molecule has 18 heavy (non-hydrogen) atoms. The van der Waals surface area contributed by atoms with E-state index in [2.05, 4.69) is 5.32 Å². The molecular formula is C12H11FN2O2S. The molecule has 0 aliphatic heterocycles. The molecule has 0 atom stereocenters. The summed E-state index contributed by atoms with van der Waals surface area (Å²) < 4.78 is 18.0. The Bertz CT molecular complexity index is 583. The summed E-state index contributed by atoms with van der Waals surface area (Å²) in [6, 6.07) is 5.54. The topological polar surface area (TPSA) is 64.3 Å². The van der Waals surface area contributed by atoms with E-state index in [0.717, 1.165) is 0 Å². The Morgan fingerprint density at radius 2 is 2.22 bits per heavy atom. The maximum absolute atomic E-state index is 13.0. The van der Waals surface area contributed by atoms with Crippen molar-refractivity contribution >= 4 is 28.6 Å². The molecule has 1 aromatic carbocycles. The van der Waals surface area contributed by atoms with Crippen LogP contribution in [0, 0.1) is 5.82 Å². The van der Waals surface area contributed by atoms with Gasteiger partial charge in [-0.05, 0) is 23.6 Å². The SMILES string of the molecule is COc1cc(F)ccc1NC(=O)c1sccc1N. The molecule has 94 valence electrons. The van der Waals surface area contributed by atoms with Crippen molar-refractivity contribution < 1.29 is 13.9 Å². The highest BCUT2D eigenvalue weighted by molar-refractivity contribution is 7.12. The van der Waals surface area contributed by atoms with Crippen LogP contribution in [0.15, 0.2) is 29.6 Å². The number of halogens is 1. The predicted molar refractivity (Wildman–Crippen MR) is 69.6 cm³/mol. The highest BCUT2D eigenvalue weighted by atomic mass is 32.1. The highest BCUT2D eigenvalue weighted by Gasteiger charge is 2.14. The molecule has 0 saturated heterocycles. The fraction of sp³-hybridized carbons (Fsp3) is 0.0833. The van der Waals surface area contributed by atoms with Gasteiger partial charge in [-0.2, -0.15) is 0 Å². The Kier molecular flexibility index (Phi) is 3.47. The first-order valence-corrected chi connectivity index (χ1v) is 5.97. The summed E-state index contributed by atoms with van der Waals surface area (Å²) in [4.78, 5) is 12.3. The third kappa shape index (κ3) is 2.43. The number of nitrogen functional groups attached to an aromatic ring is 1. The molecule has 4 nitrogen and oxygen atoms in total. The summed E-state index contributed by atoms with van der Waals surface area (Å²) in [5.41, 5.74) is 6.46. The first kappa shape index (κ1) is 12.4. The smallest absolute Gasteiger partial charge is 0.267 e. The molecule has 3 N–H and O–H groups in total. The van der Waals surface area contributed by atoms with Crippen LogP contribution in [0.3, 0.4) is 0 Å². The van der Waals surface area contributed by atoms with Crippen molar-refractivity contribution in [2.45, 2.75) is 0 Å². The average Bonchev–Trinajstić information content (AvgIpc) is 2.77. The van der Waals surface area contributed by atoms with Gasteiger partial charge >= 0.3 is 0 Å². The van der Waals surface area contributed by atoms with Crippen LogP contribution in [0.5, 0.6) is 5.75 Å². The molecule has 0 radical (unpaired) electrons. The van der Waals surface area contributed by atoms with Crippen LogP contribution in [-0.2, 0) is 0 Å². The van der Waals surface area contributed by atoms with Crippen LogP contribution in [0.4, 0.5) is 15.8 Å². The fourth-order valence-electron chi connectivity index (χ4n) is 1.45. The number of nitrogens with two attached hydrogens (primary N) is 1. The number of amides is 1. The molecule has 0 unspecified atom stereocenters. The summed E-state index contributed by atoms with van der Waals surface area (Å²) in [6.45, 7) is 0. The van der Waals surface area contributed by atoms with Gasteiger partial charge in [-0.15, -0.1) is 11.3 Å². The minimum atomic E-state index is -0.430. The van der Waals surface area contributed by atoms with Gasteiger partial charge in [0.2, 0.25) is 0 Å². The van der Waals surface area contributed by atoms with Gasteiger partial charge in [0.25, 0.3) is 5.91 Å². The first-order chi connectivity index (χ1) is 8.61. The molecule has 1 aromatic heterocycles. The lowest BCUT2D eigenvalue weighted by Gasteiger charge is -2.09. The van der Waals surface area contributed by atoms with Crippen LogP contribution < -0.4 is 15.8 Å². The van der Waals surface area contributed by atoms with E-state index in [-0.39, 0.29) is 11.7 Å². The standard InChI is InChI=1S/C12H11FN2O2S/c1-17-10-6-7(13)2-3-9(10)15-12(16)11-8(14)4-5-18-11/h2-6H,14H2,1H3,(H,15,16). The minimum Gasteiger partial charge on any atom is -0.494 e. The number of nitrogens with one attached hydrogen (secondary N) is 1. The summed E-state index contributed by atoms with van der Waals surface area (Å²) in [5.74, 6) is -0.508. The van der Waals surface area contributed by atoms with E-state index in [9.17, 15) is 9.18 Å². The van der Waals surface area contributed by atoms with Crippen molar-refractivity contribution in [1.82, 2.24) is 0 Å². The summed E-state index contributed by atoms with van der Waals surface area (Å²) in [5, 5.41) is 4.36. The number of anilines is 2. The monoisotopic (exact) mass is 266 g/mol. The Morgan fingerprint density at radius 1 is 1.44 bits per heavy atom. The van der Waals surface area contributed by atoms with E-state index in [1.807, 2.05) is 0 Å². The van der Waals surface area contributed by atoms with E-state index in [1.54, 1.807) is 11.4 Å². The van der Waals surface area contributed by atoms with Crippen LogP contribution in [0.25, 0.3) is 0 Å². The molecule has 0 bridgehead atoms. The van der Waals surface area contributed by atoms with E-state index in [0.29, 0.717) is 16.3 Å². The van der Waals surface area contributed by atoms with E-state index in [4.69, 9.17) is 10.5 Å². The van der Waals surface area contributed by atoms with Gasteiger partial charge in [0.1, 0.15) is 16.4 Å². The Morgan fingerprint density at radius 3 is 2.83 bits per heavy atom. The normalized spacial score (nSPS) is 10.1. The van der Waals surface area contributed by atoms with Gasteiger partial charge in [0.05, 0.1) is 18.5 Å². The molecule has 0 fully saturated rings. The number of rotatable bonds is 3. The van der Waals surface area contributed by atoms with Crippen molar-refractivity contribution in [1.29, 1.82) is 0 Å². The predicted octanol–water partition coefficient (Wildman–Crippen LogP) is 2.73. The number of carbonyl (C=O) groups excluding carboxylic acids is 1. The van der Waals surface area contributed by atoms with Crippen molar-refractivity contribution in [2.75, 3.05) is 18.2 Å². The Hall–Kier alpha value is -2.08. The zero-order chi connectivity index (χ0) is 13.1. The van der Waals surface area contributed by atoms with Gasteiger partial charge in [0, 0.05) is 6.07 Å². The maximum atomic E-state index is 13.0. The molecule has 0 aliphatic carbocycles. The average molecular weight is 266 g/mol. The van der Waals surface area contributed by atoms with Gasteiger partial charge in [-0.25, -0.2) is 4.39 Å². The van der Waals surface area contributed by atoms with Crippen LogP contribution in [-0.4, -0.2) is 13.0 Å². The zero-order valence-corrected chi connectivity index (χ0v) is 10.4. The second-order valence-corrected chi connectivity index (χ2v) is 4.42. The summed E-state index contributed by atoms with van der Waals surface area (Å²) in [7, 11) is 1.41. The molecule has 0 spiro atoms. The summed E-state index contributed by atoms with van der Waals surface area (Å²) in [6.07, 6.45) is 0. The molecule has 1 amide bonds. The molecule has 0 aliphatic rings. The number of benzene rings is 1. The molecule has 0 saturated carbocycles. The quantitative estimate of drug-likeness (QED) is 0.897. The minimum absolute atomic E-state index is 0.262.